The summed E-state index contributed by atoms with van der Waals surface area (Å²) in [4.78, 5) is 22.1. The first-order valence-corrected chi connectivity index (χ1v) is 11.4. The number of carbonyl (C=O) groups excluding carboxylic acids is 1. The third-order valence-corrected chi connectivity index (χ3v) is 6.33. The van der Waals surface area contributed by atoms with Gasteiger partial charge in [0.25, 0.3) is 5.91 Å². The Labute approximate surface area is 169 Å². The van der Waals surface area contributed by atoms with E-state index >= 15 is 0 Å². The molecule has 0 bridgehead atoms. The third kappa shape index (κ3) is 5.54. The zero-order valence-corrected chi connectivity index (χ0v) is 17.3. The Morgan fingerprint density at radius 2 is 1.93 bits per heavy atom. The highest BCUT2D eigenvalue weighted by Gasteiger charge is 2.30. The van der Waals surface area contributed by atoms with Crippen molar-refractivity contribution in [2.75, 3.05) is 51.6 Å². The van der Waals surface area contributed by atoms with Crippen LogP contribution in [-0.4, -0.2) is 83.6 Å². The average Bonchev–Trinajstić information content (AvgIpc) is 3.28. The molecule has 2 aliphatic rings. The molecule has 3 rings (SSSR count). The summed E-state index contributed by atoms with van der Waals surface area (Å²) >= 11 is 0. The van der Waals surface area contributed by atoms with Crippen molar-refractivity contribution in [2.24, 2.45) is 4.99 Å². The summed E-state index contributed by atoms with van der Waals surface area (Å²) < 4.78 is 17.9. The average molecular weight is 407 g/mol. The van der Waals surface area contributed by atoms with E-state index in [-0.39, 0.29) is 12.0 Å². The molecule has 154 valence electrons. The normalized spacial score (nSPS) is 21.6. The van der Waals surface area contributed by atoms with E-state index in [4.69, 9.17) is 4.74 Å². The standard InChI is InChI=1S/C20H30N4O3S/c1-2-21-20(22-10-16-28(26)17-7-4-3-5-8-17)24-13-11-23(12-14-24)19(25)18-9-6-15-27-18/h3-5,7-8,18H,2,6,9-16H2,1H3,(H,21,22). The number of piperazine rings is 1. The van der Waals surface area contributed by atoms with E-state index in [1.807, 2.05) is 42.2 Å². The fraction of sp³-hybridized carbons (Fsp3) is 0.600. The van der Waals surface area contributed by atoms with Crippen LogP contribution in [0.25, 0.3) is 0 Å². The van der Waals surface area contributed by atoms with Crippen LogP contribution in [0.3, 0.4) is 0 Å². The molecule has 1 N–H and O–H groups in total. The number of benzene rings is 1. The predicted molar refractivity (Wildman–Crippen MR) is 111 cm³/mol. The van der Waals surface area contributed by atoms with Gasteiger partial charge in [-0.2, -0.15) is 0 Å². The molecule has 0 saturated carbocycles. The van der Waals surface area contributed by atoms with Crippen molar-refractivity contribution < 1.29 is 13.7 Å². The second-order valence-corrected chi connectivity index (χ2v) is 8.48. The Bertz CT molecular complexity index is 684. The predicted octanol–water partition coefficient (Wildman–Crippen LogP) is 1.08. The maximum atomic E-state index is 12.5. The lowest BCUT2D eigenvalue weighted by Gasteiger charge is -2.37. The van der Waals surface area contributed by atoms with Crippen LogP contribution in [0.1, 0.15) is 19.8 Å². The highest BCUT2D eigenvalue weighted by atomic mass is 32.2. The zero-order chi connectivity index (χ0) is 19.8. The second kappa shape index (κ2) is 10.6. The molecule has 8 heteroatoms. The molecule has 0 aromatic heterocycles. The number of nitrogens with zero attached hydrogens (tertiary/aromatic N) is 3. The SMILES string of the molecule is CCNC(=NCCS(=O)c1ccccc1)N1CCN(C(=O)C2CCCO2)CC1. The molecule has 2 heterocycles. The molecule has 2 atom stereocenters. The van der Waals surface area contributed by atoms with Crippen LogP contribution in [0, 0.1) is 0 Å². The summed E-state index contributed by atoms with van der Waals surface area (Å²) in [5.74, 6) is 1.45. The third-order valence-electron chi connectivity index (χ3n) is 4.98. The Morgan fingerprint density at radius 3 is 2.57 bits per heavy atom. The fourth-order valence-electron chi connectivity index (χ4n) is 3.47. The monoisotopic (exact) mass is 406 g/mol. The number of carbonyl (C=O) groups is 1. The van der Waals surface area contributed by atoms with Gasteiger partial charge in [-0.3, -0.25) is 14.0 Å². The Kier molecular flexibility index (Phi) is 7.85. The van der Waals surface area contributed by atoms with Gasteiger partial charge in [-0.25, -0.2) is 0 Å². The van der Waals surface area contributed by atoms with Crippen LogP contribution in [0.5, 0.6) is 0 Å². The molecule has 2 saturated heterocycles. The van der Waals surface area contributed by atoms with Crippen LogP contribution in [0.4, 0.5) is 0 Å². The number of amides is 1. The number of hydrogen-bond donors (Lipinski definition) is 1. The van der Waals surface area contributed by atoms with Crippen LogP contribution < -0.4 is 5.32 Å². The van der Waals surface area contributed by atoms with Crippen molar-refractivity contribution in [3.05, 3.63) is 30.3 Å². The van der Waals surface area contributed by atoms with Gasteiger partial charge in [0.1, 0.15) is 6.10 Å². The van der Waals surface area contributed by atoms with Gasteiger partial charge in [-0.15, -0.1) is 0 Å². The van der Waals surface area contributed by atoms with Crippen molar-refractivity contribution in [3.8, 4) is 0 Å². The Morgan fingerprint density at radius 1 is 1.21 bits per heavy atom. The maximum absolute atomic E-state index is 12.5. The van der Waals surface area contributed by atoms with Crippen molar-refractivity contribution in [1.82, 2.24) is 15.1 Å². The first-order valence-electron chi connectivity index (χ1n) is 10.1. The number of rotatable bonds is 6. The van der Waals surface area contributed by atoms with Gasteiger partial charge in [-0.1, -0.05) is 18.2 Å². The Hall–Kier alpha value is -1.93. The number of nitrogens with one attached hydrogen (secondary N) is 1. The van der Waals surface area contributed by atoms with Crippen LogP contribution in [-0.2, 0) is 20.3 Å². The summed E-state index contributed by atoms with van der Waals surface area (Å²) in [5.41, 5.74) is 0. The first-order chi connectivity index (χ1) is 13.7. The molecular weight excluding hydrogens is 376 g/mol. The first kappa shape index (κ1) is 20.8. The van der Waals surface area contributed by atoms with Crippen molar-refractivity contribution in [1.29, 1.82) is 0 Å². The summed E-state index contributed by atoms with van der Waals surface area (Å²) in [5, 5.41) is 3.31. The molecule has 0 spiro atoms. The van der Waals surface area contributed by atoms with E-state index < -0.39 is 10.8 Å². The van der Waals surface area contributed by atoms with Gasteiger partial charge >= 0.3 is 0 Å². The summed E-state index contributed by atoms with van der Waals surface area (Å²) in [6.07, 6.45) is 1.56. The van der Waals surface area contributed by atoms with Gasteiger partial charge in [0.05, 0.1) is 17.3 Å². The fourth-order valence-corrected chi connectivity index (χ4v) is 4.42. The number of ether oxygens (including phenoxy) is 1. The lowest BCUT2D eigenvalue weighted by molar-refractivity contribution is -0.142. The molecule has 0 radical (unpaired) electrons. The van der Waals surface area contributed by atoms with Gasteiger partial charge in [0.15, 0.2) is 5.96 Å². The highest BCUT2D eigenvalue weighted by Crippen LogP contribution is 2.16. The summed E-state index contributed by atoms with van der Waals surface area (Å²) in [7, 11) is -1.04. The molecule has 2 unspecified atom stereocenters. The van der Waals surface area contributed by atoms with E-state index in [0.717, 1.165) is 43.3 Å². The molecule has 2 aliphatic heterocycles. The molecule has 1 aromatic rings. The molecule has 2 fully saturated rings. The summed E-state index contributed by atoms with van der Waals surface area (Å²) in [6, 6.07) is 9.49. The minimum Gasteiger partial charge on any atom is -0.368 e. The van der Waals surface area contributed by atoms with E-state index in [9.17, 15) is 9.00 Å². The van der Waals surface area contributed by atoms with Crippen molar-refractivity contribution >= 4 is 22.7 Å². The second-order valence-electron chi connectivity index (χ2n) is 6.91. The molecular formula is C20H30N4O3S. The molecule has 7 nitrogen and oxygen atoms in total. The smallest absolute Gasteiger partial charge is 0.251 e. The molecule has 28 heavy (non-hydrogen) atoms. The largest absolute Gasteiger partial charge is 0.368 e. The van der Waals surface area contributed by atoms with Crippen molar-refractivity contribution in [3.63, 3.8) is 0 Å². The van der Waals surface area contributed by atoms with E-state index in [0.29, 0.717) is 32.0 Å². The zero-order valence-electron chi connectivity index (χ0n) is 16.5. The van der Waals surface area contributed by atoms with E-state index in [1.54, 1.807) is 0 Å². The number of aliphatic imine (C=N–C) groups is 1. The summed E-state index contributed by atoms with van der Waals surface area (Å²) in [6.45, 7) is 6.84. The van der Waals surface area contributed by atoms with Gasteiger partial charge in [-0.05, 0) is 31.9 Å². The van der Waals surface area contributed by atoms with Gasteiger partial charge in [0, 0.05) is 50.0 Å². The molecule has 1 amide bonds. The maximum Gasteiger partial charge on any atom is 0.251 e. The quantitative estimate of drug-likeness (QED) is 0.565. The number of guanidine groups is 1. The van der Waals surface area contributed by atoms with Crippen LogP contribution in [0.2, 0.25) is 0 Å². The topological polar surface area (TPSA) is 74.2 Å². The van der Waals surface area contributed by atoms with E-state index in [1.165, 1.54) is 0 Å². The number of hydrogen-bond acceptors (Lipinski definition) is 4. The highest BCUT2D eigenvalue weighted by molar-refractivity contribution is 7.85. The lowest BCUT2D eigenvalue weighted by Crippen LogP contribution is -2.55. The van der Waals surface area contributed by atoms with Crippen LogP contribution >= 0.6 is 0 Å². The van der Waals surface area contributed by atoms with Gasteiger partial charge in [0.2, 0.25) is 0 Å². The lowest BCUT2D eigenvalue weighted by atomic mass is 10.2. The minimum atomic E-state index is -1.04. The van der Waals surface area contributed by atoms with Crippen LogP contribution in [0.15, 0.2) is 40.2 Å². The molecule has 0 aliphatic carbocycles. The van der Waals surface area contributed by atoms with E-state index in [2.05, 4.69) is 15.2 Å². The molecule has 1 aromatic carbocycles. The van der Waals surface area contributed by atoms with Gasteiger partial charge < -0.3 is 19.9 Å². The minimum absolute atomic E-state index is 0.123. The van der Waals surface area contributed by atoms with Crippen molar-refractivity contribution in [2.45, 2.75) is 30.8 Å². The Balaban J connectivity index is 1.50.